The van der Waals surface area contributed by atoms with Gasteiger partial charge in [-0.3, -0.25) is 0 Å². The molecule has 0 spiro atoms. The number of nitrogens with one attached hydrogen (secondary N) is 1. The Morgan fingerprint density at radius 2 is 1.90 bits per heavy atom. The van der Waals surface area contributed by atoms with E-state index in [0.29, 0.717) is 5.69 Å². The van der Waals surface area contributed by atoms with Crippen LogP contribution in [0.25, 0.3) is 0 Å². The van der Waals surface area contributed by atoms with Gasteiger partial charge < -0.3 is 10.1 Å². The van der Waals surface area contributed by atoms with Gasteiger partial charge >= 0.3 is 6.18 Å². The molecule has 0 radical (unpaired) electrons. The minimum absolute atomic E-state index is 0.0673. The molecule has 20 heavy (non-hydrogen) atoms. The van der Waals surface area contributed by atoms with Crippen LogP contribution in [-0.2, 0) is 10.9 Å². The predicted molar refractivity (Wildman–Crippen MR) is 72.9 cm³/mol. The predicted octanol–water partition coefficient (Wildman–Crippen LogP) is 4.38. The monoisotopic (exact) mass is 287 g/mol. The Hall–Kier alpha value is -1.23. The van der Waals surface area contributed by atoms with Crippen LogP contribution in [0, 0.1) is 6.92 Å². The van der Waals surface area contributed by atoms with E-state index < -0.39 is 11.7 Å². The summed E-state index contributed by atoms with van der Waals surface area (Å²) in [5, 5.41) is 3.24. The molecular weight excluding hydrogens is 267 g/mol. The van der Waals surface area contributed by atoms with E-state index in [1.165, 1.54) is 12.1 Å². The molecule has 0 bridgehead atoms. The minimum Gasteiger partial charge on any atom is -0.379 e. The quantitative estimate of drug-likeness (QED) is 0.890. The summed E-state index contributed by atoms with van der Waals surface area (Å²) < 4.78 is 43.7. The third kappa shape index (κ3) is 3.45. The first-order chi connectivity index (χ1) is 9.41. The average molecular weight is 287 g/mol. The molecule has 1 aliphatic carbocycles. The lowest BCUT2D eigenvalue weighted by Crippen LogP contribution is -2.38. The second-order valence-electron chi connectivity index (χ2n) is 5.34. The number of methoxy groups -OCH3 is 1. The molecule has 1 aromatic rings. The number of halogens is 3. The highest BCUT2D eigenvalue weighted by Gasteiger charge is 2.31. The topological polar surface area (TPSA) is 21.3 Å². The number of rotatable bonds is 3. The largest absolute Gasteiger partial charge is 0.416 e. The van der Waals surface area contributed by atoms with Crippen molar-refractivity contribution in [3.8, 4) is 0 Å². The van der Waals surface area contributed by atoms with Gasteiger partial charge in [0.1, 0.15) is 0 Å². The number of anilines is 1. The van der Waals surface area contributed by atoms with Gasteiger partial charge in [-0.05, 0) is 37.5 Å². The van der Waals surface area contributed by atoms with E-state index in [1.54, 1.807) is 7.11 Å². The molecule has 1 N–H and O–H groups in total. The summed E-state index contributed by atoms with van der Waals surface area (Å²) in [6.45, 7) is 1.81. The van der Waals surface area contributed by atoms with Crippen LogP contribution in [-0.4, -0.2) is 19.3 Å². The molecular formula is C15H20F3NO. The van der Waals surface area contributed by atoms with Crippen molar-refractivity contribution in [2.75, 3.05) is 12.4 Å². The van der Waals surface area contributed by atoms with E-state index in [-0.39, 0.29) is 12.1 Å². The van der Waals surface area contributed by atoms with Crippen molar-refractivity contribution in [3.05, 3.63) is 29.3 Å². The lowest BCUT2D eigenvalue weighted by Gasteiger charge is -2.32. The van der Waals surface area contributed by atoms with Gasteiger partial charge in [-0.25, -0.2) is 0 Å². The van der Waals surface area contributed by atoms with Crippen molar-refractivity contribution in [2.45, 2.75) is 50.9 Å². The van der Waals surface area contributed by atoms with Crippen LogP contribution in [0.3, 0.4) is 0 Å². The normalized spacial score (nSPS) is 23.6. The summed E-state index contributed by atoms with van der Waals surface area (Å²) in [4.78, 5) is 0. The average Bonchev–Trinajstić information content (AvgIpc) is 2.40. The third-order valence-electron chi connectivity index (χ3n) is 3.91. The molecule has 0 aliphatic heterocycles. The van der Waals surface area contributed by atoms with Gasteiger partial charge in [-0.1, -0.05) is 18.9 Å². The van der Waals surface area contributed by atoms with E-state index in [1.807, 2.05) is 6.92 Å². The molecule has 0 amide bonds. The first kappa shape index (κ1) is 15.2. The zero-order valence-corrected chi connectivity index (χ0v) is 11.8. The van der Waals surface area contributed by atoms with Crippen LogP contribution >= 0.6 is 0 Å². The zero-order valence-electron chi connectivity index (χ0n) is 11.8. The van der Waals surface area contributed by atoms with Crippen LogP contribution in [0.2, 0.25) is 0 Å². The summed E-state index contributed by atoms with van der Waals surface area (Å²) in [6.07, 6.45) is -0.177. The Balaban J connectivity index is 2.19. The van der Waals surface area contributed by atoms with Crippen LogP contribution in [0.1, 0.15) is 36.8 Å². The van der Waals surface area contributed by atoms with Crippen molar-refractivity contribution >= 4 is 5.69 Å². The molecule has 1 fully saturated rings. The first-order valence-corrected chi connectivity index (χ1v) is 6.89. The van der Waals surface area contributed by atoms with Gasteiger partial charge in [0.2, 0.25) is 0 Å². The highest BCUT2D eigenvalue weighted by Crippen LogP contribution is 2.33. The maximum absolute atomic E-state index is 12.8. The van der Waals surface area contributed by atoms with Crippen molar-refractivity contribution in [1.29, 1.82) is 0 Å². The summed E-state index contributed by atoms with van der Waals surface area (Å²) in [6, 6.07) is 3.90. The van der Waals surface area contributed by atoms with Crippen molar-refractivity contribution in [3.63, 3.8) is 0 Å². The summed E-state index contributed by atoms with van der Waals surface area (Å²) in [7, 11) is 1.66. The first-order valence-electron chi connectivity index (χ1n) is 6.89. The van der Waals surface area contributed by atoms with Crippen molar-refractivity contribution in [1.82, 2.24) is 0 Å². The van der Waals surface area contributed by atoms with Crippen molar-refractivity contribution in [2.24, 2.45) is 0 Å². The fourth-order valence-electron chi connectivity index (χ4n) is 2.70. The smallest absolute Gasteiger partial charge is 0.379 e. The number of benzene rings is 1. The SMILES string of the molecule is COC1CCCCC1Nc1cc(C(F)(F)F)ccc1C. The minimum atomic E-state index is -4.31. The van der Waals surface area contributed by atoms with E-state index in [4.69, 9.17) is 4.74 Å². The lowest BCUT2D eigenvalue weighted by molar-refractivity contribution is -0.137. The maximum atomic E-state index is 12.8. The number of hydrogen-bond donors (Lipinski definition) is 1. The highest BCUT2D eigenvalue weighted by atomic mass is 19.4. The number of alkyl halides is 3. The second-order valence-corrected chi connectivity index (χ2v) is 5.34. The molecule has 1 saturated carbocycles. The molecule has 0 heterocycles. The van der Waals surface area contributed by atoms with E-state index in [9.17, 15) is 13.2 Å². The molecule has 0 saturated heterocycles. The standard InChI is InChI=1S/C15H20F3NO/c1-10-7-8-11(15(16,17)18)9-13(10)19-12-5-3-4-6-14(12)20-2/h7-9,12,14,19H,3-6H2,1-2H3. The van der Waals surface area contributed by atoms with Gasteiger partial charge in [-0.15, -0.1) is 0 Å². The molecule has 5 heteroatoms. The molecule has 2 rings (SSSR count). The Morgan fingerprint density at radius 3 is 2.55 bits per heavy atom. The Bertz CT molecular complexity index is 459. The van der Waals surface area contributed by atoms with Gasteiger partial charge in [-0.2, -0.15) is 13.2 Å². The molecule has 2 nitrogen and oxygen atoms in total. The van der Waals surface area contributed by atoms with Gasteiger partial charge in [0.05, 0.1) is 17.7 Å². The third-order valence-corrected chi connectivity index (χ3v) is 3.91. The molecule has 2 unspecified atom stereocenters. The summed E-state index contributed by atoms with van der Waals surface area (Å²) in [5.41, 5.74) is 0.752. The lowest BCUT2D eigenvalue weighted by atomic mass is 9.92. The fourth-order valence-corrected chi connectivity index (χ4v) is 2.70. The van der Waals surface area contributed by atoms with E-state index in [0.717, 1.165) is 37.3 Å². The summed E-state index contributed by atoms with van der Waals surface area (Å²) in [5.74, 6) is 0. The highest BCUT2D eigenvalue weighted by molar-refractivity contribution is 5.54. The molecule has 112 valence electrons. The van der Waals surface area contributed by atoms with Crippen LogP contribution in [0.5, 0.6) is 0 Å². The Labute approximate surface area is 117 Å². The van der Waals surface area contributed by atoms with Crippen LogP contribution < -0.4 is 5.32 Å². The fraction of sp³-hybridized carbons (Fsp3) is 0.600. The number of aryl methyl sites for hydroxylation is 1. The van der Waals surface area contributed by atoms with Gasteiger partial charge in [0.15, 0.2) is 0 Å². The van der Waals surface area contributed by atoms with Crippen LogP contribution in [0.15, 0.2) is 18.2 Å². The van der Waals surface area contributed by atoms with Gasteiger partial charge in [0, 0.05) is 12.8 Å². The number of hydrogen-bond acceptors (Lipinski definition) is 2. The molecule has 2 atom stereocenters. The van der Waals surface area contributed by atoms with Crippen LogP contribution in [0.4, 0.5) is 18.9 Å². The number of ether oxygens (including phenoxy) is 1. The molecule has 1 aliphatic rings. The second kappa shape index (κ2) is 6.04. The Morgan fingerprint density at radius 1 is 1.20 bits per heavy atom. The molecule has 1 aromatic carbocycles. The maximum Gasteiger partial charge on any atom is 0.416 e. The van der Waals surface area contributed by atoms with Crippen molar-refractivity contribution < 1.29 is 17.9 Å². The van der Waals surface area contributed by atoms with E-state index >= 15 is 0 Å². The summed E-state index contributed by atoms with van der Waals surface area (Å²) >= 11 is 0. The molecule has 0 aromatic heterocycles. The van der Waals surface area contributed by atoms with E-state index in [2.05, 4.69) is 5.32 Å². The van der Waals surface area contributed by atoms with Gasteiger partial charge in [0.25, 0.3) is 0 Å². The zero-order chi connectivity index (χ0) is 14.8. The Kier molecular flexibility index (Phi) is 4.58.